The first-order valence-corrected chi connectivity index (χ1v) is 13.2. The van der Waals surface area contributed by atoms with Crippen molar-refractivity contribution >= 4 is 56.2 Å². The third-order valence-corrected chi connectivity index (χ3v) is 6.88. The van der Waals surface area contributed by atoms with E-state index < -0.39 is 5.41 Å². The first-order chi connectivity index (χ1) is 18.0. The van der Waals surface area contributed by atoms with Crippen LogP contribution in [0.4, 0.5) is 0 Å². The van der Waals surface area contributed by atoms with Crippen LogP contribution in [-0.2, 0) is 12.0 Å². The van der Waals surface area contributed by atoms with E-state index in [1.54, 1.807) is 36.5 Å². The molecule has 0 N–H and O–H groups in total. The minimum atomic E-state index is -0.435. The summed E-state index contributed by atoms with van der Waals surface area (Å²) in [6.07, 6.45) is 1.57. The topological polar surface area (TPSA) is 74.9 Å². The molecule has 38 heavy (non-hydrogen) atoms. The molecule has 0 saturated heterocycles. The largest absolute Gasteiger partial charge is 0.493 e. The van der Waals surface area contributed by atoms with Gasteiger partial charge in [0, 0.05) is 15.5 Å². The smallest absolute Gasteiger partial charge is 0.282 e. The van der Waals surface area contributed by atoms with Gasteiger partial charge in [-0.1, -0.05) is 66.0 Å². The summed E-state index contributed by atoms with van der Waals surface area (Å²) in [5, 5.41) is 5.91. The van der Waals surface area contributed by atoms with Gasteiger partial charge in [-0.3, -0.25) is 4.79 Å². The third-order valence-electron chi connectivity index (χ3n) is 5.65. The zero-order valence-corrected chi connectivity index (χ0v) is 24.6. The van der Waals surface area contributed by atoms with Crippen molar-refractivity contribution in [2.45, 2.75) is 32.8 Å². The van der Waals surface area contributed by atoms with Gasteiger partial charge in [0.05, 0.1) is 41.4 Å². The molecule has 0 fully saturated rings. The SMILES string of the molecule is COc1cc(C=Nn2c(C(C)(C)C)nc3ccc(Br)cc3c2=O)cc(OC)c1OCc1ccc(Cl)c(Cl)c1. The fourth-order valence-electron chi connectivity index (χ4n) is 3.77. The highest BCUT2D eigenvalue weighted by Gasteiger charge is 2.23. The Bertz CT molecular complexity index is 1570. The van der Waals surface area contributed by atoms with E-state index in [1.807, 2.05) is 39.0 Å². The lowest BCUT2D eigenvalue weighted by molar-refractivity contribution is 0.266. The summed E-state index contributed by atoms with van der Waals surface area (Å²) < 4.78 is 19.3. The predicted molar refractivity (Wildman–Crippen MR) is 156 cm³/mol. The summed E-state index contributed by atoms with van der Waals surface area (Å²) >= 11 is 15.6. The van der Waals surface area contributed by atoms with Crippen LogP contribution in [0.3, 0.4) is 0 Å². The summed E-state index contributed by atoms with van der Waals surface area (Å²) in [4.78, 5) is 18.2. The Morgan fingerprint density at radius 2 is 1.68 bits per heavy atom. The molecule has 0 aliphatic carbocycles. The lowest BCUT2D eigenvalue weighted by Gasteiger charge is -2.21. The van der Waals surface area contributed by atoms with Crippen molar-refractivity contribution in [3.8, 4) is 17.2 Å². The van der Waals surface area contributed by atoms with Crippen LogP contribution < -0.4 is 19.8 Å². The Balaban J connectivity index is 1.73. The highest BCUT2D eigenvalue weighted by molar-refractivity contribution is 9.10. The molecule has 4 aromatic rings. The van der Waals surface area contributed by atoms with Crippen LogP contribution >= 0.6 is 39.1 Å². The van der Waals surface area contributed by atoms with Gasteiger partial charge in [0.2, 0.25) is 5.75 Å². The Morgan fingerprint density at radius 3 is 2.29 bits per heavy atom. The Labute approximate surface area is 239 Å². The summed E-state index contributed by atoms with van der Waals surface area (Å²) in [5.74, 6) is 1.83. The van der Waals surface area contributed by atoms with Crippen molar-refractivity contribution in [2.24, 2.45) is 5.10 Å². The maximum atomic E-state index is 13.4. The molecule has 0 radical (unpaired) electrons. The third kappa shape index (κ3) is 5.98. The second-order valence-corrected chi connectivity index (χ2v) is 11.2. The number of ether oxygens (including phenoxy) is 3. The maximum absolute atomic E-state index is 13.4. The van der Waals surface area contributed by atoms with Gasteiger partial charge in [0.1, 0.15) is 12.4 Å². The van der Waals surface area contributed by atoms with Crippen molar-refractivity contribution in [3.05, 3.63) is 90.4 Å². The minimum Gasteiger partial charge on any atom is -0.493 e. The minimum absolute atomic E-state index is 0.222. The monoisotopic (exact) mass is 617 g/mol. The van der Waals surface area contributed by atoms with Crippen LogP contribution in [0, 0.1) is 0 Å². The first-order valence-electron chi connectivity index (χ1n) is 11.6. The summed E-state index contributed by atoms with van der Waals surface area (Å²) in [6, 6.07) is 14.2. The van der Waals surface area contributed by atoms with Gasteiger partial charge in [-0.2, -0.15) is 9.78 Å². The van der Waals surface area contributed by atoms with Crippen LogP contribution in [0.5, 0.6) is 17.2 Å². The van der Waals surface area contributed by atoms with Crippen molar-refractivity contribution in [3.63, 3.8) is 0 Å². The lowest BCUT2D eigenvalue weighted by atomic mass is 9.95. The lowest BCUT2D eigenvalue weighted by Crippen LogP contribution is -2.29. The van der Waals surface area contributed by atoms with E-state index in [2.05, 4.69) is 21.0 Å². The van der Waals surface area contributed by atoms with Gasteiger partial charge in [-0.15, -0.1) is 0 Å². The van der Waals surface area contributed by atoms with Gasteiger partial charge in [0.25, 0.3) is 5.56 Å². The molecule has 0 aliphatic rings. The number of halogens is 3. The molecule has 0 bridgehead atoms. The Hall–Kier alpha value is -3.07. The number of aromatic nitrogens is 2. The molecule has 0 amide bonds. The predicted octanol–water partition coefficient (Wildman–Crippen LogP) is 7.24. The fraction of sp³-hybridized carbons (Fsp3) is 0.250. The van der Waals surface area contributed by atoms with Gasteiger partial charge in [-0.05, 0) is 48.0 Å². The average Bonchev–Trinajstić information content (AvgIpc) is 2.88. The van der Waals surface area contributed by atoms with E-state index in [-0.39, 0.29) is 12.2 Å². The quantitative estimate of drug-likeness (QED) is 0.204. The van der Waals surface area contributed by atoms with E-state index in [0.29, 0.717) is 49.6 Å². The molecule has 10 heteroatoms. The zero-order valence-electron chi connectivity index (χ0n) is 21.5. The molecule has 1 aromatic heterocycles. The Kier molecular flexibility index (Phi) is 8.35. The highest BCUT2D eigenvalue weighted by Crippen LogP contribution is 2.39. The molecule has 0 saturated carbocycles. The molecule has 3 aromatic carbocycles. The molecule has 198 valence electrons. The molecular formula is C28H26BrCl2N3O4. The molecule has 0 unspecified atom stereocenters. The number of rotatable bonds is 7. The maximum Gasteiger partial charge on any atom is 0.282 e. The summed E-state index contributed by atoms with van der Waals surface area (Å²) in [7, 11) is 3.07. The molecule has 7 nitrogen and oxygen atoms in total. The first kappa shape index (κ1) is 28.0. The van der Waals surface area contributed by atoms with Gasteiger partial charge >= 0.3 is 0 Å². The number of hydrogen-bond donors (Lipinski definition) is 0. The van der Waals surface area contributed by atoms with Crippen LogP contribution in [0.15, 0.2) is 62.9 Å². The molecule has 4 rings (SSSR count). The van der Waals surface area contributed by atoms with Crippen molar-refractivity contribution in [2.75, 3.05) is 14.2 Å². The normalized spacial score (nSPS) is 11.8. The fourth-order valence-corrected chi connectivity index (χ4v) is 4.45. The van der Waals surface area contributed by atoms with Crippen molar-refractivity contribution in [1.29, 1.82) is 0 Å². The van der Waals surface area contributed by atoms with Gasteiger partial charge in [-0.25, -0.2) is 4.98 Å². The van der Waals surface area contributed by atoms with Crippen LogP contribution in [0.25, 0.3) is 10.9 Å². The number of nitrogens with zero attached hydrogens (tertiary/aromatic N) is 3. The van der Waals surface area contributed by atoms with Crippen molar-refractivity contribution in [1.82, 2.24) is 9.66 Å². The van der Waals surface area contributed by atoms with E-state index in [1.165, 1.54) is 18.9 Å². The van der Waals surface area contributed by atoms with Crippen LogP contribution in [0.2, 0.25) is 10.0 Å². The summed E-state index contributed by atoms with van der Waals surface area (Å²) in [6.45, 7) is 6.17. The molecule has 1 heterocycles. The van der Waals surface area contributed by atoms with Crippen molar-refractivity contribution < 1.29 is 14.2 Å². The Morgan fingerprint density at radius 1 is 1.00 bits per heavy atom. The standard InChI is InChI=1S/C28H26BrCl2N3O4/c1-28(2,3)27-33-22-9-7-18(29)13-19(22)26(35)34(27)32-14-17-11-23(36-4)25(24(12-17)37-5)38-15-16-6-8-20(30)21(31)10-16/h6-14H,15H2,1-5H3. The summed E-state index contributed by atoms with van der Waals surface area (Å²) in [5.41, 5.74) is 1.38. The number of benzene rings is 3. The highest BCUT2D eigenvalue weighted by atomic mass is 79.9. The van der Waals surface area contributed by atoms with E-state index >= 15 is 0 Å². The van der Waals surface area contributed by atoms with Gasteiger partial charge < -0.3 is 14.2 Å². The zero-order chi connectivity index (χ0) is 27.6. The number of hydrogen-bond acceptors (Lipinski definition) is 6. The molecular weight excluding hydrogens is 593 g/mol. The molecule has 0 spiro atoms. The second kappa shape index (κ2) is 11.4. The van der Waals surface area contributed by atoms with Crippen LogP contribution in [0.1, 0.15) is 37.7 Å². The molecule has 0 aliphatic heterocycles. The average molecular weight is 619 g/mol. The number of methoxy groups -OCH3 is 2. The second-order valence-electron chi connectivity index (χ2n) is 9.50. The van der Waals surface area contributed by atoms with Crippen LogP contribution in [-0.4, -0.2) is 30.1 Å². The van der Waals surface area contributed by atoms with E-state index in [4.69, 9.17) is 42.4 Å². The van der Waals surface area contributed by atoms with Gasteiger partial charge in [0.15, 0.2) is 11.5 Å². The number of fused-ring (bicyclic) bond motifs is 1. The molecule has 0 atom stereocenters. The van der Waals surface area contributed by atoms with E-state index in [0.717, 1.165) is 10.0 Å². The van der Waals surface area contributed by atoms with E-state index in [9.17, 15) is 4.79 Å².